The second-order valence-corrected chi connectivity index (χ2v) is 5.37. The van der Waals surface area contributed by atoms with Crippen LogP contribution in [0.25, 0.3) is 11.3 Å². The summed E-state index contributed by atoms with van der Waals surface area (Å²) in [4.78, 5) is 14.8. The zero-order valence-electron chi connectivity index (χ0n) is 11.7. The number of aromatic nitrogens is 1. The normalized spacial score (nSPS) is 10.7. The van der Waals surface area contributed by atoms with Crippen molar-refractivity contribution >= 4 is 17.0 Å². The predicted molar refractivity (Wildman–Crippen MR) is 82.7 cm³/mol. The number of nitro groups is 1. The summed E-state index contributed by atoms with van der Waals surface area (Å²) in [5, 5.41) is 16.9. The molecule has 21 heavy (non-hydrogen) atoms. The predicted octanol–water partition coefficient (Wildman–Crippen LogP) is 2.50. The van der Waals surface area contributed by atoms with Gasteiger partial charge in [0.05, 0.1) is 22.2 Å². The lowest BCUT2D eigenvalue weighted by Crippen LogP contribution is -2.21. The van der Waals surface area contributed by atoms with Crippen molar-refractivity contribution in [1.29, 1.82) is 0 Å². The fourth-order valence-electron chi connectivity index (χ4n) is 1.81. The largest absolute Gasteiger partial charge is 0.383 e. The Bertz CT molecular complexity index is 583. The summed E-state index contributed by atoms with van der Waals surface area (Å²) in [5.74, 6) is 0. The van der Waals surface area contributed by atoms with Gasteiger partial charge in [-0.05, 0) is 12.1 Å². The van der Waals surface area contributed by atoms with Crippen LogP contribution < -0.4 is 5.32 Å². The van der Waals surface area contributed by atoms with Crippen molar-refractivity contribution in [2.24, 2.45) is 0 Å². The van der Waals surface area contributed by atoms with Crippen molar-refractivity contribution in [1.82, 2.24) is 10.3 Å². The average Bonchev–Trinajstić information content (AvgIpc) is 2.96. The van der Waals surface area contributed by atoms with Gasteiger partial charge in [-0.1, -0.05) is 0 Å². The molecule has 1 aromatic heterocycles. The molecule has 0 fully saturated rings. The lowest BCUT2D eigenvalue weighted by molar-refractivity contribution is -0.384. The number of ether oxygens (including phenoxy) is 1. The molecule has 1 aromatic carbocycles. The molecular formula is C14H17N3O3S. The van der Waals surface area contributed by atoms with Crippen LogP contribution in [0.3, 0.4) is 0 Å². The topological polar surface area (TPSA) is 77.3 Å². The molecule has 0 aliphatic carbocycles. The molecule has 0 amide bonds. The molecule has 2 rings (SSSR count). The summed E-state index contributed by atoms with van der Waals surface area (Å²) in [6, 6.07) is 6.46. The third kappa shape index (κ3) is 4.59. The van der Waals surface area contributed by atoms with Crippen LogP contribution in [-0.4, -0.2) is 36.7 Å². The smallest absolute Gasteiger partial charge is 0.269 e. The van der Waals surface area contributed by atoms with Gasteiger partial charge in [-0.15, -0.1) is 11.3 Å². The number of nitrogens with zero attached hydrogens (tertiary/aromatic N) is 2. The maximum Gasteiger partial charge on any atom is 0.269 e. The second kappa shape index (κ2) is 7.82. The summed E-state index contributed by atoms with van der Waals surface area (Å²) < 4.78 is 4.96. The van der Waals surface area contributed by atoms with Crippen molar-refractivity contribution in [2.45, 2.75) is 6.42 Å². The molecule has 7 heteroatoms. The molecule has 0 bridgehead atoms. The third-order valence-corrected chi connectivity index (χ3v) is 3.83. The Morgan fingerprint density at radius 1 is 1.33 bits per heavy atom. The number of benzene rings is 1. The lowest BCUT2D eigenvalue weighted by Gasteiger charge is -2.01. The van der Waals surface area contributed by atoms with Gasteiger partial charge in [-0.25, -0.2) is 4.98 Å². The van der Waals surface area contributed by atoms with Crippen molar-refractivity contribution in [3.63, 3.8) is 0 Å². The van der Waals surface area contributed by atoms with E-state index in [-0.39, 0.29) is 5.69 Å². The van der Waals surface area contributed by atoms with Gasteiger partial charge in [0.1, 0.15) is 0 Å². The van der Waals surface area contributed by atoms with E-state index in [0.717, 1.165) is 35.8 Å². The molecule has 0 aliphatic rings. The molecule has 0 radical (unpaired) electrons. The van der Waals surface area contributed by atoms with Crippen LogP contribution in [0.4, 0.5) is 5.69 Å². The van der Waals surface area contributed by atoms with Crippen molar-refractivity contribution < 1.29 is 9.66 Å². The van der Waals surface area contributed by atoms with Crippen LogP contribution in [0.1, 0.15) is 5.01 Å². The fraction of sp³-hybridized carbons (Fsp3) is 0.357. The second-order valence-electron chi connectivity index (χ2n) is 4.42. The van der Waals surface area contributed by atoms with Crippen molar-refractivity contribution in [2.75, 3.05) is 26.8 Å². The van der Waals surface area contributed by atoms with Gasteiger partial charge in [0, 0.05) is 49.7 Å². The summed E-state index contributed by atoms with van der Waals surface area (Å²) >= 11 is 1.60. The molecule has 112 valence electrons. The van der Waals surface area contributed by atoms with Crippen LogP contribution in [0, 0.1) is 10.1 Å². The van der Waals surface area contributed by atoms with Gasteiger partial charge >= 0.3 is 0 Å². The van der Waals surface area contributed by atoms with E-state index in [1.807, 2.05) is 5.38 Å². The molecule has 0 spiro atoms. The number of rotatable bonds is 8. The number of hydrogen-bond acceptors (Lipinski definition) is 6. The molecule has 0 atom stereocenters. The number of thiazole rings is 1. The molecule has 1 N–H and O–H groups in total. The van der Waals surface area contributed by atoms with Gasteiger partial charge < -0.3 is 10.1 Å². The van der Waals surface area contributed by atoms with E-state index in [0.29, 0.717) is 6.61 Å². The van der Waals surface area contributed by atoms with Gasteiger partial charge in [0.25, 0.3) is 5.69 Å². The van der Waals surface area contributed by atoms with Crippen LogP contribution in [-0.2, 0) is 11.2 Å². The van der Waals surface area contributed by atoms with Crippen molar-refractivity contribution in [3.05, 3.63) is 44.8 Å². The third-order valence-electron chi connectivity index (χ3n) is 2.92. The van der Waals surface area contributed by atoms with Crippen LogP contribution in [0.2, 0.25) is 0 Å². The molecule has 0 unspecified atom stereocenters. The van der Waals surface area contributed by atoms with Crippen LogP contribution in [0.15, 0.2) is 29.6 Å². The van der Waals surface area contributed by atoms with E-state index in [1.54, 1.807) is 30.6 Å². The highest BCUT2D eigenvalue weighted by molar-refractivity contribution is 7.09. The minimum absolute atomic E-state index is 0.0940. The van der Waals surface area contributed by atoms with E-state index >= 15 is 0 Å². The number of nitro benzene ring substituents is 1. The first-order valence-electron chi connectivity index (χ1n) is 6.59. The molecule has 0 saturated carbocycles. The molecule has 0 saturated heterocycles. The first-order valence-corrected chi connectivity index (χ1v) is 7.47. The standard InChI is InChI=1S/C14H17N3O3S/c1-20-9-8-15-7-6-14-16-13(10-21-14)11-2-4-12(5-3-11)17(18)19/h2-5,10,15H,6-9H2,1H3. The first-order chi connectivity index (χ1) is 10.2. The monoisotopic (exact) mass is 307 g/mol. The Kier molecular flexibility index (Phi) is 5.79. The Hall–Kier alpha value is -1.83. The summed E-state index contributed by atoms with van der Waals surface area (Å²) in [7, 11) is 1.68. The van der Waals surface area contributed by atoms with E-state index in [4.69, 9.17) is 4.74 Å². The Morgan fingerprint density at radius 3 is 2.76 bits per heavy atom. The first kappa shape index (κ1) is 15.6. The zero-order valence-corrected chi connectivity index (χ0v) is 12.6. The molecule has 6 nitrogen and oxygen atoms in total. The van der Waals surface area contributed by atoms with Crippen LogP contribution >= 0.6 is 11.3 Å². The maximum atomic E-state index is 10.6. The zero-order chi connectivity index (χ0) is 15.1. The minimum Gasteiger partial charge on any atom is -0.383 e. The SMILES string of the molecule is COCCNCCc1nc(-c2ccc([N+](=O)[O-])cc2)cs1. The highest BCUT2D eigenvalue weighted by Crippen LogP contribution is 2.24. The number of hydrogen-bond donors (Lipinski definition) is 1. The Balaban J connectivity index is 1.91. The number of non-ortho nitro benzene ring substituents is 1. The lowest BCUT2D eigenvalue weighted by atomic mass is 10.1. The highest BCUT2D eigenvalue weighted by Gasteiger charge is 2.08. The van der Waals surface area contributed by atoms with Gasteiger partial charge in [-0.2, -0.15) is 0 Å². The molecule has 2 aromatic rings. The van der Waals surface area contributed by atoms with E-state index in [2.05, 4.69) is 10.3 Å². The Morgan fingerprint density at radius 2 is 2.10 bits per heavy atom. The minimum atomic E-state index is -0.401. The van der Waals surface area contributed by atoms with E-state index in [1.165, 1.54) is 12.1 Å². The molecule has 1 heterocycles. The number of nitrogens with one attached hydrogen (secondary N) is 1. The Labute approximate surface area is 126 Å². The summed E-state index contributed by atoms with van der Waals surface area (Å²) in [6.07, 6.45) is 0.862. The van der Waals surface area contributed by atoms with E-state index in [9.17, 15) is 10.1 Å². The van der Waals surface area contributed by atoms with Crippen molar-refractivity contribution in [3.8, 4) is 11.3 Å². The van der Waals surface area contributed by atoms with Gasteiger partial charge in [0.2, 0.25) is 0 Å². The van der Waals surface area contributed by atoms with Gasteiger partial charge in [-0.3, -0.25) is 10.1 Å². The molecular weight excluding hydrogens is 290 g/mol. The molecule has 0 aliphatic heterocycles. The average molecular weight is 307 g/mol. The highest BCUT2D eigenvalue weighted by atomic mass is 32.1. The van der Waals surface area contributed by atoms with Crippen LogP contribution in [0.5, 0.6) is 0 Å². The van der Waals surface area contributed by atoms with Gasteiger partial charge in [0.15, 0.2) is 0 Å². The summed E-state index contributed by atoms with van der Waals surface area (Å²) in [5.41, 5.74) is 1.86. The quantitative estimate of drug-likeness (QED) is 0.460. The summed E-state index contributed by atoms with van der Waals surface area (Å²) in [6.45, 7) is 2.39. The maximum absolute atomic E-state index is 10.6. The number of methoxy groups -OCH3 is 1. The fourth-order valence-corrected chi connectivity index (χ4v) is 2.61. The van der Waals surface area contributed by atoms with E-state index < -0.39 is 4.92 Å².